The molecule has 1 N–H and O–H groups in total. The fourth-order valence-corrected chi connectivity index (χ4v) is 1.15. The van der Waals surface area contributed by atoms with Crippen LogP contribution in [0.2, 0.25) is 0 Å². The molecule has 0 amide bonds. The Hall–Kier alpha value is -1.77. The van der Waals surface area contributed by atoms with Gasteiger partial charge in [-0.15, -0.1) is 0 Å². The third kappa shape index (κ3) is 3.46. The summed E-state index contributed by atoms with van der Waals surface area (Å²) in [6, 6.07) is 9.10. The van der Waals surface area contributed by atoms with Gasteiger partial charge in [-0.05, 0) is 6.92 Å². The zero-order valence-electron chi connectivity index (χ0n) is 8.99. The number of nitrogens with one attached hydrogen (secondary N) is 1. The Labute approximate surface area is 89.8 Å². The number of rotatable bonds is 5. The number of hydrogen-bond acceptors (Lipinski definition) is 3. The van der Waals surface area contributed by atoms with Crippen LogP contribution in [0.5, 0.6) is 0 Å². The monoisotopic (exact) mass is 205 g/mol. The summed E-state index contributed by atoms with van der Waals surface area (Å²) < 4.78 is 5.21. The molecule has 0 heterocycles. The van der Waals surface area contributed by atoms with Crippen molar-refractivity contribution >= 4 is 5.78 Å². The van der Waals surface area contributed by atoms with Crippen molar-refractivity contribution in [1.29, 1.82) is 0 Å². The van der Waals surface area contributed by atoms with Gasteiger partial charge in [-0.25, -0.2) is 0 Å². The molecule has 15 heavy (non-hydrogen) atoms. The van der Waals surface area contributed by atoms with Gasteiger partial charge in [0.2, 0.25) is 0 Å². The molecule has 0 saturated carbocycles. The Kier molecular flexibility index (Phi) is 4.41. The molecule has 0 saturated heterocycles. The summed E-state index contributed by atoms with van der Waals surface area (Å²) in [7, 11) is 1.72. The molecule has 1 rings (SSSR count). The number of allylic oxidation sites excluding steroid dienone is 1. The Bertz CT molecular complexity index is 344. The van der Waals surface area contributed by atoms with Crippen LogP contribution in [0, 0.1) is 0 Å². The highest BCUT2D eigenvalue weighted by Gasteiger charge is 2.03. The van der Waals surface area contributed by atoms with E-state index in [-0.39, 0.29) is 5.78 Å². The molecule has 0 radical (unpaired) electrons. The van der Waals surface area contributed by atoms with Gasteiger partial charge < -0.3 is 10.1 Å². The molecule has 0 atom stereocenters. The maximum Gasteiger partial charge on any atom is 0.191 e. The molecule has 0 spiro atoms. The maximum absolute atomic E-state index is 11.7. The highest BCUT2D eigenvalue weighted by molar-refractivity contribution is 6.04. The molecule has 1 aromatic carbocycles. The van der Waals surface area contributed by atoms with Crippen LogP contribution in [0.15, 0.2) is 42.3 Å². The normalized spacial score (nSPS) is 10.9. The number of ketones is 1. The second-order valence-electron chi connectivity index (χ2n) is 2.92. The van der Waals surface area contributed by atoms with Gasteiger partial charge in [0.1, 0.15) is 0 Å². The third-order valence-corrected chi connectivity index (χ3v) is 1.87. The first-order valence-electron chi connectivity index (χ1n) is 4.89. The molecule has 0 aromatic heterocycles. The average molecular weight is 205 g/mol. The van der Waals surface area contributed by atoms with Crippen molar-refractivity contribution in [2.75, 3.05) is 13.7 Å². The van der Waals surface area contributed by atoms with Crippen LogP contribution >= 0.6 is 0 Å². The lowest BCUT2D eigenvalue weighted by Gasteiger charge is -2.06. The van der Waals surface area contributed by atoms with Crippen LogP contribution in [0.4, 0.5) is 0 Å². The summed E-state index contributed by atoms with van der Waals surface area (Å²) in [6.07, 6.45) is 1.46. The molecule has 80 valence electrons. The summed E-state index contributed by atoms with van der Waals surface area (Å²) in [5.41, 5.74) is 0.657. The zero-order valence-corrected chi connectivity index (χ0v) is 8.99. The predicted molar refractivity (Wildman–Crippen MR) is 59.5 cm³/mol. The van der Waals surface area contributed by atoms with Gasteiger partial charge in [0.05, 0.1) is 6.61 Å². The van der Waals surface area contributed by atoms with Crippen LogP contribution in [0.1, 0.15) is 17.3 Å². The van der Waals surface area contributed by atoms with Gasteiger partial charge in [-0.3, -0.25) is 4.79 Å². The first-order chi connectivity index (χ1) is 7.27. The second-order valence-corrected chi connectivity index (χ2v) is 2.92. The quantitative estimate of drug-likeness (QED) is 0.453. The molecular weight excluding hydrogens is 190 g/mol. The van der Waals surface area contributed by atoms with Gasteiger partial charge in [0.15, 0.2) is 11.7 Å². The van der Waals surface area contributed by atoms with E-state index >= 15 is 0 Å². The Morgan fingerprint density at radius 3 is 2.60 bits per heavy atom. The second kappa shape index (κ2) is 5.86. The number of carbonyl (C=O) groups is 1. The van der Waals surface area contributed by atoms with Crippen LogP contribution < -0.4 is 5.32 Å². The van der Waals surface area contributed by atoms with Gasteiger partial charge in [-0.2, -0.15) is 0 Å². The summed E-state index contributed by atoms with van der Waals surface area (Å²) >= 11 is 0. The minimum atomic E-state index is -0.0617. The van der Waals surface area contributed by atoms with Gasteiger partial charge >= 0.3 is 0 Å². The summed E-state index contributed by atoms with van der Waals surface area (Å²) in [5.74, 6) is 0.430. The van der Waals surface area contributed by atoms with Crippen LogP contribution in [0.25, 0.3) is 0 Å². The standard InChI is InChI=1S/C12H15NO2/c1-3-15-12(13-2)9-11(14)10-7-5-4-6-8-10/h4-9,13H,3H2,1-2H3/b12-9+. The lowest BCUT2D eigenvalue weighted by atomic mass is 10.1. The van der Waals surface area contributed by atoms with Crippen LogP contribution in [0.3, 0.4) is 0 Å². The summed E-state index contributed by atoms with van der Waals surface area (Å²) in [6.45, 7) is 2.41. The molecule has 0 bridgehead atoms. The van der Waals surface area contributed by atoms with E-state index in [1.54, 1.807) is 19.2 Å². The van der Waals surface area contributed by atoms with Crippen molar-refractivity contribution in [2.24, 2.45) is 0 Å². The van der Waals surface area contributed by atoms with E-state index in [1.807, 2.05) is 25.1 Å². The maximum atomic E-state index is 11.7. The molecule has 0 aliphatic carbocycles. The number of carbonyl (C=O) groups excluding carboxylic acids is 1. The first kappa shape index (κ1) is 11.3. The van der Waals surface area contributed by atoms with Crippen LogP contribution in [-0.4, -0.2) is 19.4 Å². The van der Waals surface area contributed by atoms with Gasteiger partial charge in [0, 0.05) is 18.7 Å². The minimum Gasteiger partial charge on any atom is -0.479 e. The third-order valence-electron chi connectivity index (χ3n) is 1.87. The lowest BCUT2D eigenvalue weighted by molar-refractivity contribution is 0.103. The molecule has 0 unspecified atom stereocenters. The van der Waals surface area contributed by atoms with Crippen molar-refractivity contribution in [3.8, 4) is 0 Å². The number of ether oxygens (including phenoxy) is 1. The van der Waals surface area contributed by atoms with E-state index in [0.717, 1.165) is 0 Å². The Morgan fingerprint density at radius 1 is 1.40 bits per heavy atom. The molecular formula is C12H15NO2. The summed E-state index contributed by atoms with van der Waals surface area (Å²) in [5, 5.41) is 2.82. The molecule has 0 fully saturated rings. The lowest BCUT2D eigenvalue weighted by Crippen LogP contribution is -2.11. The van der Waals surface area contributed by atoms with E-state index in [0.29, 0.717) is 18.1 Å². The fraction of sp³-hybridized carbons (Fsp3) is 0.250. The SMILES string of the molecule is CCO/C(=C/C(=O)c1ccccc1)NC. The van der Waals surface area contributed by atoms with Crippen LogP contribution in [-0.2, 0) is 4.74 Å². The van der Waals surface area contributed by atoms with E-state index in [2.05, 4.69) is 5.32 Å². The van der Waals surface area contributed by atoms with Crippen molar-refractivity contribution < 1.29 is 9.53 Å². The molecule has 1 aromatic rings. The van der Waals surface area contributed by atoms with Crippen molar-refractivity contribution in [2.45, 2.75) is 6.92 Å². The molecule has 3 nitrogen and oxygen atoms in total. The van der Waals surface area contributed by atoms with Gasteiger partial charge in [-0.1, -0.05) is 30.3 Å². The van der Waals surface area contributed by atoms with E-state index in [1.165, 1.54) is 6.08 Å². The highest BCUT2D eigenvalue weighted by Crippen LogP contribution is 2.03. The first-order valence-corrected chi connectivity index (χ1v) is 4.89. The molecule has 0 aliphatic heterocycles. The highest BCUT2D eigenvalue weighted by atomic mass is 16.5. The van der Waals surface area contributed by atoms with E-state index in [9.17, 15) is 4.79 Å². The average Bonchev–Trinajstić information content (AvgIpc) is 2.29. The Balaban J connectivity index is 2.77. The van der Waals surface area contributed by atoms with Crippen molar-refractivity contribution in [3.05, 3.63) is 47.9 Å². The number of hydrogen-bond donors (Lipinski definition) is 1. The van der Waals surface area contributed by atoms with E-state index < -0.39 is 0 Å². The van der Waals surface area contributed by atoms with Crippen molar-refractivity contribution in [3.63, 3.8) is 0 Å². The summed E-state index contributed by atoms with van der Waals surface area (Å²) in [4.78, 5) is 11.7. The predicted octanol–water partition coefficient (Wildman–Crippen LogP) is 1.97. The van der Waals surface area contributed by atoms with Crippen molar-refractivity contribution in [1.82, 2.24) is 5.32 Å². The topological polar surface area (TPSA) is 38.3 Å². The van der Waals surface area contributed by atoms with E-state index in [4.69, 9.17) is 4.74 Å². The zero-order chi connectivity index (χ0) is 11.1. The largest absolute Gasteiger partial charge is 0.479 e. The molecule has 0 aliphatic rings. The Morgan fingerprint density at radius 2 is 2.07 bits per heavy atom. The van der Waals surface area contributed by atoms with Gasteiger partial charge in [0.25, 0.3) is 0 Å². The molecule has 3 heteroatoms. The fourth-order valence-electron chi connectivity index (χ4n) is 1.15. The minimum absolute atomic E-state index is 0.0617. The smallest absolute Gasteiger partial charge is 0.191 e. The number of benzene rings is 1.